The molecule has 0 spiro atoms. The molecule has 3 aliphatic heterocycles. The summed E-state index contributed by atoms with van der Waals surface area (Å²) in [5.41, 5.74) is 4.07. The van der Waals surface area contributed by atoms with Gasteiger partial charge in [0.25, 0.3) is 0 Å². The van der Waals surface area contributed by atoms with Crippen molar-refractivity contribution in [2.75, 3.05) is 59.4 Å². The number of carbonyl (C=O) groups is 1. The molecule has 0 saturated carbocycles. The molecule has 1 aromatic rings. The molecule has 0 N–H and O–H groups in total. The summed E-state index contributed by atoms with van der Waals surface area (Å²) in [5, 5.41) is 0. The molecule has 2 fully saturated rings. The fourth-order valence-electron chi connectivity index (χ4n) is 4.66. The van der Waals surface area contributed by atoms with E-state index in [4.69, 9.17) is 0 Å². The number of piperidine rings is 1. The fourth-order valence-corrected chi connectivity index (χ4v) is 4.66. The topological polar surface area (TPSA) is 30.0 Å². The van der Waals surface area contributed by atoms with E-state index in [1.807, 2.05) is 0 Å². The second-order valence-corrected chi connectivity index (χ2v) is 9.17. The smallest absolute Gasteiger partial charge is 0.225 e. The molecule has 0 aromatic heterocycles. The van der Waals surface area contributed by atoms with Crippen LogP contribution in [0, 0.1) is 12.8 Å². The molecule has 0 radical (unpaired) electrons. The molecule has 30 heavy (non-hydrogen) atoms. The molecule has 3 heterocycles. The molecule has 2 saturated heterocycles. The minimum Gasteiger partial charge on any atom is -0.377 e. The van der Waals surface area contributed by atoms with Crippen molar-refractivity contribution in [3.63, 3.8) is 0 Å². The first-order chi connectivity index (χ1) is 14.6. The highest BCUT2D eigenvalue weighted by Crippen LogP contribution is 2.22. The lowest BCUT2D eigenvalue weighted by Gasteiger charge is -2.38. The van der Waals surface area contributed by atoms with Gasteiger partial charge in [-0.25, -0.2) is 0 Å². The summed E-state index contributed by atoms with van der Waals surface area (Å²) in [6.45, 7) is 10.9. The van der Waals surface area contributed by atoms with Gasteiger partial charge in [-0.1, -0.05) is 35.9 Å². The third kappa shape index (κ3) is 5.52. The molecule has 1 aromatic carbocycles. The van der Waals surface area contributed by atoms with E-state index < -0.39 is 0 Å². The van der Waals surface area contributed by atoms with Crippen LogP contribution in [0.2, 0.25) is 0 Å². The number of nitrogens with zero attached hydrogens (tertiary/aromatic N) is 4. The van der Waals surface area contributed by atoms with E-state index in [-0.39, 0.29) is 5.92 Å². The Morgan fingerprint density at radius 1 is 0.933 bits per heavy atom. The lowest BCUT2D eigenvalue weighted by atomic mass is 9.94. The van der Waals surface area contributed by atoms with Crippen molar-refractivity contribution in [2.24, 2.45) is 5.92 Å². The summed E-state index contributed by atoms with van der Waals surface area (Å²) >= 11 is 0. The van der Waals surface area contributed by atoms with Crippen molar-refractivity contribution in [3.05, 3.63) is 59.3 Å². The van der Waals surface area contributed by atoms with Crippen molar-refractivity contribution in [1.82, 2.24) is 19.6 Å². The standard InChI is InChI=1S/C25H36N4O/c1-21-3-5-22(6-4-21)19-28-15-17-29(18-16-28)25(30)24-9-13-27(14-10-24)20-23-7-11-26(2)12-8-23/h3-8,11,24H,9-10,12-20H2,1-2H3. The van der Waals surface area contributed by atoms with E-state index >= 15 is 0 Å². The lowest BCUT2D eigenvalue weighted by molar-refractivity contribution is -0.138. The molecular formula is C25H36N4O. The van der Waals surface area contributed by atoms with Crippen LogP contribution in [0.25, 0.3) is 0 Å². The zero-order valence-electron chi connectivity index (χ0n) is 18.6. The Morgan fingerprint density at radius 3 is 2.23 bits per heavy atom. The summed E-state index contributed by atoms with van der Waals surface area (Å²) in [6.07, 6.45) is 8.69. The quantitative estimate of drug-likeness (QED) is 0.749. The molecule has 3 aliphatic rings. The number of likely N-dealkylation sites (tertiary alicyclic amines) is 1. The number of aryl methyl sites for hydroxylation is 1. The fraction of sp³-hybridized carbons (Fsp3) is 0.560. The minimum atomic E-state index is 0.215. The predicted molar refractivity (Wildman–Crippen MR) is 122 cm³/mol. The van der Waals surface area contributed by atoms with Crippen LogP contribution in [0.1, 0.15) is 24.0 Å². The van der Waals surface area contributed by atoms with E-state index in [1.165, 1.54) is 16.7 Å². The Kier molecular flexibility index (Phi) is 6.90. The van der Waals surface area contributed by atoms with Crippen LogP contribution in [-0.2, 0) is 11.3 Å². The number of carbonyl (C=O) groups excluding carboxylic acids is 1. The first-order valence-electron chi connectivity index (χ1n) is 11.4. The maximum Gasteiger partial charge on any atom is 0.225 e. The van der Waals surface area contributed by atoms with E-state index in [9.17, 15) is 4.79 Å². The second kappa shape index (κ2) is 9.80. The van der Waals surface area contributed by atoms with Gasteiger partial charge in [0.05, 0.1) is 0 Å². The van der Waals surface area contributed by atoms with Crippen LogP contribution in [-0.4, -0.2) is 84.9 Å². The van der Waals surface area contributed by atoms with Gasteiger partial charge in [0.2, 0.25) is 5.91 Å². The number of rotatable bonds is 5. The van der Waals surface area contributed by atoms with Crippen molar-refractivity contribution in [2.45, 2.75) is 26.3 Å². The van der Waals surface area contributed by atoms with Gasteiger partial charge in [0, 0.05) is 58.8 Å². The number of hydrogen-bond acceptors (Lipinski definition) is 4. The van der Waals surface area contributed by atoms with Gasteiger partial charge in [-0.15, -0.1) is 0 Å². The van der Waals surface area contributed by atoms with Gasteiger partial charge >= 0.3 is 0 Å². The first kappa shape index (κ1) is 21.1. The average Bonchev–Trinajstić information content (AvgIpc) is 2.77. The SMILES string of the molecule is Cc1ccc(CN2CCN(C(=O)C3CCN(CC4=CCN(C)C=C4)CC3)CC2)cc1. The van der Waals surface area contributed by atoms with Crippen molar-refractivity contribution in [1.29, 1.82) is 0 Å². The number of hydrogen-bond donors (Lipinski definition) is 0. The van der Waals surface area contributed by atoms with Crippen LogP contribution >= 0.6 is 0 Å². The van der Waals surface area contributed by atoms with Gasteiger partial charge in [-0.05, 0) is 56.3 Å². The summed E-state index contributed by atoms with van der Waals surface area (Å²) in [7, 11) is 2.10. The van der Waals surface area contributed by atoms with Gasteiger partial charge in [0.15, 0.2) is 0 Å². The number of likely N-dealkylation sites (N-methyl/N-ethyl adjacent to an activating group) is 1. The Hall–Kier alpha value is -2.11. The maximum absolute atomic E-state index is 13.0. The van der Waals surface area contributed by atoms with Crippen LogP contribution < -0.4 is 0 Å². The molecule has 0 bridgehead atoms. The number of benzene rings is 1. The normalized spacial score (nSPS) is 21.7. The third-order valence-electron chi connectivity index (χ3n) is 6.74. The largest absolute Gasteiger partial charge is 0.377 e. The Morgan fingerprint density at radius 2 is 1.60 bits per heavy atom. The zero-order valence-corrected chi connectivity index (χ0v) is 18.6. The van der Waals surface area contributed by atoms with Crippen molar-refractivity contribution < 1.29 is 4.79 Å². The monoisotopic (exact) mass is 408 g/mol. The van der Waals surface area contributed by atoms with Crippen molar-refractivity contribution in [3.8, 4) is 0 Å². The van der Waals surface area contributed by atoms with Crippen LogP contribution in [0.15, 0.2) is 48.2 Å². The molecule has 1 amide bonds. The van der Waals surface area contributed by atoms with E-state index in [2.05, 4.69) is 76.2 Å². The average molecular weight is 409 g/mol. The predicted octanol–water partition coefficient (Wildman–Crippen LogP) is 2.74. The van der Waals surface area contributed by atoms with Crippen molar-refractivity contribution >= 4 is 5.91 Å². The lowest BCUT2D eigenvalue weighted by Crippen LogP contribution is -2.51. The molecule has 5 heteroatoms. The van der Waals surface area contributed by atoms with E-state index in [0.717, 1.165) is 71.7 Å². The number of piperazine rings is 1. The molecule has 0 aliphatic carbocycles. The molecule has 5 nitrogen and oxygen atoms in total. The highest BCUT2D eigenvalue weighted by atomic mass is 16.2. The molecule has 162 valence electrons. The Balaban J connectivity index is 1.19. The van der Waals surface area contributed by atoms with E-state index in [0.29, 0.717) is 5.91 Å². The van der Waals surface area contributed by atoms with Crippen LogP contribution in [0.5, 0.6) is 0 Å². The summed E-state index contributed by atoms with van der Waals surface area (Å²) < 4.78 is 0. The molecule has 4 rings (SSSR count). The second-order valence-electron chi connectivity index (χ2n) is 9.17. The molecular weight excluding hydrogens is 372 g/mol. The highest BCUT2D eigenvalue weighted by molar-refractivity contribution is 5.79. The molecule has 0 unspecified atom stereocenters. The van der Waals surface area contributed by atoms with E-state index in [1.54, 1.807) is 0 Å². The van der Waals surface area contributed by atoms with Gasteiger partial charge in [0.1, 0.15) is 0 Å². The minimum absolute atomic E-state index is 0.215. The Bertz CT molecular complexity index is 769. The van der Waals surface area contributed by atoms with Crippen LogP contribution in [0.3, 0.4) is 0 Å². The van der Waals surface area contributed by atoms with Crippen LogP contribution in [0.4, 0.5) is 0 Å². The summed E-state index contributed by atoms with van der Waals surface area (Å²) in [5.74, 6) is 0.606. The van der Waals surface area contributed by atoms with Gasteiger partial charge in [-0.3, -0.25) is 14.6 Å². The van der Waals surface area contributed by atoms with Gasteiger partial charge < -0.3 is 9.80 Å². The maximum atomic E-state index is 13.0. The first-order valence-corrected chi connectivity index (χ1v) is 11.4. The third-order valence-corrected chi connectivity index (χ3v) is 6.74. The zero-order chi connectivity index (χ0) is 20.9. The Labute approximate surface area is 181 Å². The number of amides is 1. The van der Waals surface area contributed by atoms with Gasteiger partial charge in [-0.2, -0.15) is 0 Å². The highest BCUT2D eigenvalue weighted by Gasteiger charge is 2.30. The summed E-state index contributed by atoms with van der Waals surface area (Å²) in [4.78, 5) is 22.3. The molecule has 0 atom stereocenters. The summed E-state index contributed by atoms with van der Waals surface area (Å²) in [6, 6.07) is 8.80.